The first kappa shape index (κ1) is 15.4. The van der Waals surface area contributed by atoms with Crippen molar-refractivity contribution in [3.63, 3.8) is 0 Å². The minimum atomic E-state index is -0.422. The van der Waals surface area contributed by atoms with E-state index in [9.17, 15) is 0 Å². The van der Waals surface area contributed by atoms with Crippen molar-refractivity contribution in [2.75, 3.05) is 20.3 Å². The number of terminal acetylenes is 1. The number of hydrogen-bond acceptors (Lipinski definition) is 4. The second-order valence-electron chi connectivity index (χ2n) is 5.11. The molecule has 23 heavy (non-hydrogen) atoms. The topological polar surface area (TPSA) is 36.9 Å². The molecule has 0 amide bonds. The van der Waals surface area contributed by atoms with Gasteiger partial charge < -0.3 is 18.9 Å². The summed E-state index contributed by atoms with van der Waals surface area (Å²) in [5.74, 6) is 4.16. The van der Waals surface area contributed by atoms with E-state index in [0.717, 1.165) is 22.4 Å². The van der Waals surface area contributed by atoms with Gasteiger partial charge in [-0.3, -0.25) is 0 Å². The van der Waals surface area contributed by atoms with Gasteiger partial charge in [-0.2, -0.15) is 0 Å². The zero-order valence-electron chi connectivity index (χ0n) is 13.0. The molecule has 1 aliphatic heterocycles. The normalized spacial score (nSPS) is 14.4. The second-order valence-corrected chi connectivity index (χ2v) is 5.11. The second kappa shape index (κ2) is 7.19. The third kappa shape index (κ3) is 3.65. The summed E-state index contributed by atoms with van der Waals surface area (Å²) in [5.41, 5.74) is 2.65. The SMILES string of the molecule is C#Cc1ccc(OCc2ccc(OC)cc2)c(C2OCCO2)c1. The molecule has 1 heterocycles. The summed E-state index contributed by atoms with van der Waals surface area (Å²) < 4.78 is 22.2. The molecule has 0 radical (unpaired) electrons. The Balaban J connectivity index is 1.77. The van der Waals surface area contributed by atoms with Crippen LogP contribution in [0.3, 0.4) is 0 Å². The Hall–Kier alpha value is -2.48. The Bertz CT molecular complexity index is 694. The molecule has 4 nitrogen and oxygen atoms in total. The quantitative estimate of drug-likeness (QED) is 0.794. The number of methoxy groups -OCH3 is 1. The van der Waals surface area contributed by atoms with Crippen LogP contribution in [0, 0.1) is 12.3 Å². The summed E-state index contributed by atoms with van der Waals surface area (Å²) >= 11 is 0. The molecule has 0 saturated carbocycles. The molecule has 0 N–H and O–H groups in total. The molecular weight excluding hydrogens is 292 g/mol. The Morgan fingerprint density at radius 2 is 1.87 bits per heavy atom. The van der Waals surface area contributed by atoms with E-state index in [2.05, 4.69) is 5.92 Å². The first-order valence-electron chi connectivity index (χ1n) is 7.39. The number of rotatable bonds is 5. The molecule has 0 aromatic heterocycles. The predicted octanol–water partition coefficient (Wildman–Crippen LogP) is 3.30. The van der Waals surface area contributed by atoms with E-state index in [1.165, 1.54) is 0 Å². The zero-order valence-corrected chi connectivity index (χ0v) is 13.0. The molecule has 118 valence electrons. The summed E-state index contributed by atoms with van der Waals surface area (Å²) in [5, 5.41) is 0. The highest BCUT2D eigenvalue weighted by Crippen LogP contribution is 2.32. The van der Waals surface area contributed by atoms with Crippen LogP contribution in [-0.2, 0) is 16.1 Å². The van der Waals surface area contributed by atoms with Crippen LogP contribution in [0.15, 0.2) is 42.5 Å². The van der Waals surface area contributed by atoms with Crippen molar-refractivity contribution < 1.29 is 18.9 Å². The highest BCUT2D eigenvalue weighted by Gasteiger charge is 2.22. The third-order valence-electron chi connectivity index (χ3n) is 3.61. The molecule has 0 bridgehead atoms. The molecule has 1 aliphatic rings. The van der Waals surface area contributed by atoms with Crippen molar-refractivity contribution >= 4 is 0 Å². The average molecular weight is 310 g/mol. The minimum Gasteiger partial charge on any atom is -0.497 e. The smallest absolute Gasteiger partial charge is 0.187 e. The zero-order chi connectivity index (χ0) is 16.1. The van der Waals surface area contributed by atoms with E-state index in [1.807, 2.05) is 42.5 Å². The Labute approximate surface area is 135 Å². The van der Waals surface area contributed by atoms with Gasteiger partial charge in [0.2, 0.25) is 0 Å². The van der Waals surface area contributed by atoms with E-state index >= 15 is 0 Å². The van der Waals surface area contributed by atoms with Crippen LogP contribution in [0.5, 0.6) is 11.5 Å². The standard InChI is InChI=1S/C19H18O4/c1-3-14-6-9-18(17(12-14)19-21-10-11-22-19)23-13-15-4-7-16(20-2)8-5-15/h1,4-9,12,19H,10-11,13H2,2H3. The van der Waals surface area contributed by atoms with E-state index in [0.29, 0.717) is 25.6 Å². The van der Waals surface area contributed by atoms with E-state index in [1.54, 1.807) is 7.11 Å². The monoisotopic (exact) mass is 310 g/mol. The van der Waals surface area contributed by atoms with Crippen LogP contribution < -0.4 is 9.47 Å². The van der Waals surface area contributed by atoms with Crippen molar-refractivity contribution in [3.05, 3.63) is 59.2 Å². The largest absolute Gasteiger partial charge is 0.497 e. The van der Waals surface area contributed by atoms with Gasteiger partial charge in [-0.25, -0.2) is 0 Å². The van der Waals surface area contributed by atoms with Gasteiger partial charge in [0.25, 0.3) is 0 Å². The molecule has 3 rings (SSSR count). The van der Waals surface area contributed by atoms with Crippen LogP contribution >= 0.6 is 0 Å². The highest BCUT2D eigenvalue weighted by molar-refractivity contribution is 5.44. The lowest BCUT2D eigenvalue weighted by Gasteiger charge is -2.16. The van der Waals surface area contributed by atoms with Crippen LogP contribution in [0.2, 0.25) is 0 Å². The van der Waals surface area contributed by atoms with Gasteiger partial charge >= 0.3 is 0 Å². The molecule has 1 fully saturated rings. The molecule has 4 heteroatoms. The summed E-state index contributed by atoms with van der Waals surface area (Å²) in [7, 11) is 1.65. The Morgan fingerprint density at radius 3 is 2.52 bits per heavy atom. The van der Waals surface area contributed by atoms with Crippen molar-refractivity contribution in [2.45, 2.75) is 12.9 Å². The lowest BCUT2D eigenvalue weighted by atomic mass is 10.1. The number of benzene rings is 2. The first-order chi connectivity index (χ1) is 11.3. The summed E-state index contributed by atoms with van der Waals surface area (Å²) in [4.78, 5) is 0. The molecule has 0 atom stereocenters. The maximum atomic E-state index is 5.94. The molecular formula is C19H18O4. The summed E-state index contributed by atoms with van der Waals surface area (Å²) in [6, 6.07) is 13.3. The fraction of sp³-hybridized carbons (Fsp3) is 0.263. The van der Waals surface area contributed by atoms with Crippen molar-refractivity contribution in [1.82, 2.24) is 0 Å². The molecule has 1 saturated heterocycles. The Morgan fingerprint density at radius 1 is 1.13 bits per heavy atom. The molecule has 0 unspecified atom stereocenters. The van der Waals surface area contributed by atoms with E-state index in [-0.39, 0.29) is 0 Å². The highest BCUT2D eigenvalue weighted by atomic mass is 16.7. The number of ether oxygens (including phenoxy) is 4. The fourth-order valence-corrected chi connectivity index (χ4v) is 2.37. The van der Waals surface area contributed by atoms with Crippen LogP contribution in [0.4, 0.5) is 0 Å². The first-order valence-corrected chi connectivity index (χ1v) is 7.39. The van der Waals surface area contributed by atoms with Gasteiger partial charge in [0.15, 0.2) is 6.29 Å². The fourth-order valence-electron chi connectivity index (χ4n) is 2.37. The molecule has 2 aromatic carbocycles. The summed E-state index contributed by atoms with van der Waals surface area (Å²) in [6.07, 6.45) is 5.05. The van der Waals surface area contributed by atoms with Gasteiger partial charge in [-0.05, 0) is 35.9 Å². The lowest BCUT2D eigenvalue weighted by Crippen LogP contribution is -2.04. The molecule has 2 aromatic rings. The van der Waals surface area contributed by atoms with Crippen molar-refractivity contribution in [2.24, 2.45) is 0 Å². The molecule has 0 spiro atoms. The van der Waals surface area contributed by atoms with Gasteiger partial charge in [0, 0.05) is 5.56 Å². The number of hydrogen-bond donors (Lipinski definition) is 0. The summed E-state index contributed by atoms with van der Waals surface area (Å²) in [6.45, 7) is 1.59. The van der Waals surface area contributed by atoms with Crippen molar-refractivity contribution in [3.8, 4) is 23.8 Å². The van der Waals surface area contributed by atoms with Crippen LogP contribution in [-0.4, -0.2) is 20.3 Å². The van der Waals surface area contributed by atoms with Gasteiger partial charge in [-0.1, -0.05) is 18.1 Å². The van der Waals surface area contributed by atoms with Crippen molar-refractivity contribution in [1.29, 1.82) is 0 Å². The van der Waals surface area contributed by atoms with Gasteiger partial charge in [-0.15, -0.1) is 6.42 Å². The average Bonchev–Trinajstić information content (AvgIpc) is 3.14. The predicted molar refractivity (Wildman–Crippen MR) is 86.3 cm³/mol. The Kier molecular flexibility index (Phi) is 4.82. The lowest BCUT2D eigenvalue weighted by molar-refractivity contribution is -0.0458. The van der Waals surface area contributed by atoms with Crippen LogP contribution in [0.25, 0.3) is 0 Å². The maximum absolute atomic E-state index is 5.94. The van der Waals surface area contributed by atoms with E-state index < -0.39 is 6.29 Å². The maximum Gasteiger partial charge on any atom is 0.187 e. The minimum absolute atomic E-state index is 0.422. The molecule has 0 aliphatic carbocycles. The van der Waals surface area contributed by atoms with Crippen LogP contribution in [0.1, 0.15) is 23.0 Å². The third-order valence-corrected chi connectivity index (χ3v) is 3.61. The van der Waals surface area contributed by atoms with E-state index in [4.69, 9.17) is 25.4 Å². The van der Waals surface area contributed by atoms with Gasteiger partial charge in [0.1, 0.15) is 18.1 Å². The van der Waals surface area contributed by atoms with Gasteiger partial charge in [0.05, 0.1) is 25.9 Å².